The summed E-state index contributed by atoms with van der Waals surface area (Å²) in [6, 6.07) is 9.60. The number of rotatable bonds is 8. The molecule has 0 radical (unpaired) electrons. The fraction of sp³-hybridized carbons (Fsp3) is 0.400. The van der Waals surface area contributed by atoms with Crippen LogP contribution in [-0.4, -0.2) is 55.2 Å². The molecule has 1 aromatic carbocycles. The summed E-state index contributed by atoms with van der Waals surface area (Å²) >= 11 is 0. The minimum Gasteiger partial charge on any atom is -0.439 e. The molecule has 2 heterocycles. The number of morpholine rings is 1. The van der Waals surface area contributed by atoms with E-state index < -0.39 is 0 Å². The van der Waals surface area contributed by atoms with Crippen LogP contribution in [0.4, 0.5) is 4.39 Å². The zero-order valence-electron chi connectivity index (χ0n) is 16.2. The maximum atomic E-state index is 13.3. The number of nitrogens with two attached hydrogens (primary N) is 1. The summed E-state index contributed by atoms with van der Waals surface area (Å²) in [6.07, 6.45) is 2.60. The molecule has 0 spiro atoms. The van der Waals surface area contributed by atoms with Crippen molar-refractivity contribution < 1.29 is 13.9 Å². The number of guanidine groups is 1. The standard InChI is InChI=1S/C20H26FN5O2.HI/c21-17-5-1-6-18(14-17)28-19-16(4-2-7-23-19)15-25-20(22)24-8-3-9-26-10-12-27-13-11-26;/h1-2,4-7,14H,3,8-13,15H2,(H3,22,24,25);1H. The van der Waals surface area contributed by atoms with Gasteiger partial charge in [-0.1, -0.05) is 12.1 Å². The Hall–Kier alpha value is -1.98. The summed E-state index contributed by atoms with van der Waals surface area (Å²) in [5.41, 5.74) is 6.73. The van der Waals surface area contributed by atoms with Crippen LogP contribution >= 0.6 is 24.0 Å². The number of nitrogens with one attached hydrogen (secondary N) is 1. The molecule has 0 atom stereocenters. The van der Waals surface area contributed by atoms with Gasteiger partial charge in [0, 0.05) is 37.5 Å². The molecule has 1 fully saturated rings. The Labute approximate surface area is 187 Å². The number of aliphatic imine (C=N–C) groups is 1. The highest BCUT2D eigenvalue weighted by Crippen LogP contribution is 2.23. The molecule has 3 N–H and O–H groups in total. The lowest BCUT2D eigenvalue weighted by Crippen LogP contribution is -2.39. The quantitative estimate of drug-likeness (QED) is 0.244. The average Bonchev–Trinajstić information content (AvgIpc) is 2.71. The zero-order valence-corrected chi connectivity index (χ0v) is 18.6. The lowest BCUT2D eigenvalue weighted by Gasteiger charge is -2.26. The van der Waals surface area contributed by atoms with Crippen LogP contribution in [0.25, 0.3) is 0 Å². The van der Waals surface area contributed by atoms with Crippen LogP contribution in [0, 0.1) is 5.82 Å². The van der Waals surface area contributed by atoms with Crippen molar-refractivity contribution in [2.75, 3.05) is 39.4 Å². The van der Waals surface area contributed by atoms with E-state index in [0.717, 1.165) is 51.4 Å². The molecule has 9 heteroatoms. The Morgan fingerprint density at radius 3 is 2.90 bits per heavy atom. The molecule has 0 saturated carbocycles. The predicted molar refractivity (Wildman–Crippen MR) is 121 cm³/mol. The molecule has 1 aliphatic rings. The second-order valence-electron chi connectivity index (χ2n) is 6.46. The van der Waals surface area contributed by atoms with Gasteiger partial charge in [0.25, 0.3) is 0 Å². The van der Waals surface area contributed by atoms with Crippen molar-refractivity contribution in [2.24, 2.45) is 10.7 Å². The number of benzene rings is 1. The minimum absolute atomic E-state index is 0. The zero-order chi connectivity index (χ0) is 19.6. The topological polar surface area (TPSA) is 85.0 Å². The summed E-state index contributed by atoms with van der Waals surface area (Å²) in [7, 11) is 0. The molecule has 0 unspecified atom stereocenters. The van der Waals surface area contributed by atoms with Gasteiger partial charge in [-0.25, -0.2) is 14.4 Å². The number of ether oxygens (including phenoxy) is 2. The molecule has 1 aliphatic heterocycles. The predicted octanol–water partition coefficient (Wildman–Crippen LogP) is 2.76. The van der Waals surface area contributed by atoms with Crippen molar-refractivity contribution in [3.63, 3.8) is 0 Å². The summed E-state index contributed by atoms with van der Waals surface area (Å²) in [5, 5.41) is 3.13. The Balaban J connectivity index is 0.00000300. The van der Waals surface area contributed by atoms with Crippen LogP contribution < -0.4 is 15.8 Å². The fourth-order valence-corrected chi connectivity index (χ4v) is 2.85. The van der Waals surface area contributed by atoms with Gasteiger partial charge in [-0.3, -0.25) is 4.90 Å². The average molecular weight is 515 g/mol. The van der Waals surface area contributed by atoms with Crippen LogP contribution in [-0.2, 0) is 11.3 Å². The fourth-order valence-electron chi connectivity index (χ4n) is 2.85. The largest absolute Gasteiger partial charge is 0.439 e. The molecule has 0 bridgehead atoms. The molecular formula is C20H27FIN5O2. The van der Waals surface area contributed by atoms with Crippen LogP contribution in [0.15, 0.2) is 47.6 Å². The number of nitrogens with zero attached hydrogens (tertiary/aromatic N) is 3. The highest BCUT2D eigenvalue weighted by atomic mass is 127. The van der Waals surface area contributed by atoms with E-state index in [1.165, 1.54) is 12.1 Å². The summed E-state index contributed by atoms with van der Waals surface area (Å²) in [4.78, 5) is 11.0. The van der Waals surface area contributed by atoms with E-state index in [1.54, 1.807) is 24.4 Å². The van der Waals surface area contributed by atoms with E-state index >= 15 is 0 Å². The van der Waals surface area contributed by atoms with E-state index in [1.807, 2.05) is 6.07 Å². The van der Waals surface area contributed by atoms with E-state index in [9.17, 15) is 4.39 Å². The molecule has 158 valence electrons. The Kier molecular flexibility index (Phi) is 10.1. The Morgan fingerprint density at radius 1 is 1.28 bits per heavy atom. The number of hydrogen-bond donors (Lipinski definition) is 2. The van der Waals surface area contributed by atoms with Crippen LogP contribution in [0.5, 0.6) is 11.6 Å². The van der Waals surface area contributed by atoms with E-state index in [4.69, 9.17) is 15.2 Å². The van der Waals surface area contributed by atoms with Crippen molar-refractivity contribution in [2.45, 2.75) is 13.0 Å². The molecule has 7 nitrogen and oxygen atoms in total. The molecule has 0 aliphatic carbocycles. The molecule has 0 amide bonds. The number of halogens is 2. The lowest BCUT2D eigenvalue weighted by molar-refractivity contribution is 0.0376. The normalized spacial score (nSPS) is 14.9. The van der Waals surface area contributed by atoms with Crippen molar-refractivity contribution in [3.05, 3.63) is 54.0 Å². The van der Waals surface area contributed by atoms with E-state index in [2.05, 4.69) is 20.2 Å². The first kappa shape index (κ1) is 23.3. The highest BCUT2D eigenvalue weighted by molar-refractivity contribution is 14.0. The monoisotopic (exact) mass is 515 g/mol. The number of pyridine rings is 1. The lowest BCUT2D eigenvalue weighted by atomic mass is 10.2. The molecular weight excluding hydrogens is 488 g/mol. The SMILES string of the molecule is I.NC(=NCc1cccnc1Oc1cccc(F)c1)NCCCN1CCOCC1. The van der Waals surface area contributed by atoms with Gasteiger partial charge < -0.3 is 20.5 Å². The molecule has 29 heavy (non-hydrogen) atoms. The van der Waals surface area contributed by atoms with Crippen LogP contribution in [0.2, 0.25) is 0 Å². The molecule has 3 rings (SSSR count). The first-order chi connectivity index (χ1) is 13.7. The highest BCUT2D eigenvalue weighted by Gasteiger charge is 2.09. The van der Waals surface area contributed by atoms with Gasteiger partial charge in [0.1, 0.15) is 11.6 Å². The van der Waals surface area contributed by atoms with Crippen LogP contribution in [0.1, 0.15) is 12.0 Å². The maximum absolute atomic E-state index is 13.3. The third kappa shape index (κ3) is 8.11. The molecule has 1 saturated heterocycles. The van der Waals surface area contributed by atoms with Gasteiger partial charge in [-0.2, -0.15) is 0 Å². The smallest absolute Gasteiger partial charge is 0.224 e. The van der Waals surface area contributed by atoms with Gasteiger partial charge in [0.05, 0.1) is 19.8 Å². The summed E-state index contributed by atoms with van der Waals surface area (Å²) < 4.78 is 24.4. The Bertz CT molecular complexity index is 787. The molecule has 2 aromatic rings. The second-order valence-corrected chi connectivity index (χ2v) is 6.46. The van der Waals surface area contributed by atoms with Gasteiger partial charge in [0.2, 0.25) is 5.88 Å². The third-order valence-electron chi connectivity index (χ3n) is 4.34. The summed E-state index contributed by atoms with van der Waals surface area (Å²) in [6.45, 7) is 5.67. The van der Waals surface area contributed by atoms with Crippen molar-refractivity contribution in [1.82, 2.24) is 15.2 Å². The molecule has 1 aromatic heterocycles. The van der Waals surface area contributed by atoms with E-state index in [0.29, 0.717) is 24.1 Å². The van der Waals surface area contributed by atoms with Gasteiger partial charge >= 0.3 is 0 Å². The van der Waals surface area contributed by atoms with Gasteiger partial charge in [0.15, 0.2) is 5.96 Å². The first-order valence-electron chi connectivity index (χ1n) is 9.42. The van der Waals surface area contributed by atoms with Crippen molar-refractivity contribution in [3.8, 4) is 11.6 Å². The third-order valence-corrected chi connectivity index (χ3v) is 4.34. The van der Waals surface area contributed by atoms with Gasteiger partial charge in [-0.05, 0) is 31.2 Å². The van der Waals surface area contributed by atoms with Crippen molar-refractivity contribution in [1.29, 1.82) is 0 Å². The van der Waals surface area contributed by atoms with Crippen LogP contribution in [0.3, 0.4) is 0 Å². The maximum Gasteiger partial charge on any atom is 0.224 e. The number of aromatic nitrogens is 1. The summed E-state index contributed by atoms with van der Waals surface area (Å²) in [5.74, 6) is 0.788. The number of hydrogen-bond acceptors (Lipinski definition) is 5. The second kappa shape index (κ2) is 12.6. The van der Waals surface area contributed by atoms with Crippen molar-refractivity contribution >= 4 is 29.9 Å². The Morgan fingerprint density at radius 2 is 2.10 bits per heavy atom. The first-order valence-corrected chi connectivity index (χ1v) is 9.42. The van der Waals surface area contributed by atoms with E-state index in [-0.39, 0.29) is 29.8 Å². The minimum atomic E-state index is -0.362. The van der Waals surface area contributed by atoms with Gasteiger partial charge in [-0.15, -0.1) is 24.0 Å².